The summed E-state index contributed by atoms with van der Waals surface area (Å²) >= 11 is 0. The van der Waals surface area contributed by atoms with Crippen molar-refractivity contribution in [2.75, 3.05) is 19.8 Å². The monoisotopic (exact) mass is 201 g/mol. The summed E-state index contributed by atoms with van der Waals surface area (Å²) in [6.45, 7) is 5.51. The molecule has 1 aliphatic rings. The van der Waals surface area contributed by atoms with Gasteiger partial charge in [-0.3, -0.25) is 0 Å². The summed E-state index contributed by atoms with van der Waals surface area (Å²) in [4.78, 5) is 13.2. The molecular formula is C10H19NO3. The van der Waals surface area contributed by atoms with E-state index in [1.165, 1.54) is 0 Å². The van der Waals surface area contributed by atoms with E-state index in [0.29, 0.717) is 18.9 Å². The van der Waals surface area contributed by atoms with Crippen molar-refractivity contribution in [2.45, 2.75) is 32.7 Å². The minimum Gasteiger partial charge on any atom is -0.449 e. The van der Waals surface area contributed by atoms with Crippen molar-refractivity contribution in [3.63, 3.8) is 0 Å². The number of hydrogen-bond donors (Lipinski definition) is 1. The van der Waals surface area contributed by atoms with Crippen molar-refractivity contribution in [2.24, 2.45) is 5.92 Å². The molecule has 0 aromatic carbocycles. The van der Waals surface area contributed by atoms with Gasteiger partial charge in [0, 0.05) is 19.2 Å². The van der Waals surface area contributed by atoms with Gasteiger partial charge in [0.15, 0.2) is 0 Å². The molecule has 4 heteroatoms. The van der Waals surface area contributed by atoms with E-state index in [9.17, 15) is 4.79 Å². The predicted octanol–water partition coefficient (Wildman–Crippen LogP) is 1.24. The summed E-state index contributed by atoms with van der Waals surface area (Å²) in [5, 5.41) is 8.92. The van der Waals surface area contributed by atoms with Crippen LogP contribution in [0.5, 0.6) is 0 Å². The van der Waals surface area contributed by atoms with Crippen molar-refractivity contribution in [3.8, 4) is 0 Å². The molecule has 1 rings (SSSR count). The van der Waals surface area contributed by atoms with E-state index >= 15 is 0 Å². The number of rotatable bonds is 4. The van der Waals surface area contributed by atoms with Crippen molar-refractivity contribution in [3.05, 3.63) is 0 Å². The molecule has 0 spiro atoms. The third-order valence-corrected chi connectivity index (χ3v) is 2.60. The van der Waals surface area contributed by atoms with Crippen molar-refractivity contribution in [1.29, 1.82) is 0 Å². The van der Waals surface area contributed by atoms with Gasteiger partial charge < -0.3 is 14.7 Å². The number of amides is 1. The average molecular weight is 201 g/mol. The predicted molar refractivity (Wildman–Crippen MR) is 53.0 cm³/mol. The Kier molecular flexibility index (Phi) is 4.20. The van der Waals surface area contributed by atoms with Crippen molar-refractivity contribution < 1.29 is 14.6 Å². The van der Waals surface area contributed by atoms with Gasteiger partial charge in [0.05, 0.1) is 6.61 Å². The number of aliphatic hydroxyl groups is 1. The molecule has 0 bridgehead atoms. The van der Waals surface area contributed by atoms with Crippen LogP contribution in [-0.2, 0) is 4.74 Å². The van der Waals surface area contributed by atoms with E-state index in [-0.39, 0.29) is 18.7 Å². The van der Waals surface area contributed by atoms with Crippen LogP contribution in [0.25, 0.3) is 0 Å². The summed E-state index contributed by atoms with van der Waals surface area (Å²) < 4.78 is 4.97. The zero-order chi connectivity index (χ0) is 10.6. The van der Waals surface area contributed by atoms with Gasteiger partial charge in [-0.25, -0.2) is 4.79 Å². The highest BCUT2D eigenvalue weighted by Gasteiger charge is 2.29. The van der Waals surface area contributed by atoms with Crippen LogP contribution < -0.4 is 0 Å². The fraction of sp³-hybridized carbons (Fsp3) is 0.900. The number of aliphatic hydroxyl groups excluding tert-OH is 1. The molecule has 0 saturated carbocycles. The highest BCUT2D eigenvalue weighted by molar-refractivity contribution is 5.68. The van der Waals surface area contributed by atoms with E-state index in [4.69, 9.17) is 9.84 Å². The molecule has 0 radical (unpaired) electrons. The first-order chi connectivity index (χ1) is 6.66. The Bertz CT molecular complexity index is 194. The molecule has 1 amide bonds. The van der Waals surface area contributed by atoms with Gasteiger partial charge in [-0.15, -0.1) is 0 Å². The lowest BCUT2D eigenvalue weighted by Gasteiger charge is -2.35. The van der Waals surface area contributed by atoms with Crippen LogP contribution in [0.2, 0.25) is 0 Å². The first-order valence-electron chi connectivity index (χ1n) is 5.21. The maximum Gasteiger partial charge on any atom is 0.410 e. The number of ether oxygens (including phenoxy) is 1. The van der Waals surface area contributed by atoms with Crippen LogP contribution in [0.3, 0.4) is 0 Å². The average Bonchev–Trinajstić information content (AvgIpc) is 2.15. The maximum absolute atomic E-state index is 11.4. The van der Waals surface area contributed by atoms with E-state index in [1.807, 2.05) is 0 Å². The summed E-state index contributed by atoms with van der Waals surface area (Å²) in [5.74, 6) is 0.354. The van der Waals surface area contributed by atoms with Gasteiger partial charge in [0.25, 0.3) is 0 Å². The summed E-state index contributed by atoms with van der Waals surface area (Å²) in [5.41, 5.74) is 0. The second kappa shape index (κ2) is 5.20. The topological polar surface area (TPSA) is 49.8 Å². The third-order valence-electron chi connectivity index (χ3n) is 2.60. The van der Waals surface area contributed by atoms with E-state index < -0.39 is 0 Å². The minimum absolute atomic E-state index is 0.104. The zero-order valence-electron chi connectivity index (χ0n) is 8.90. The van der Waals surface area contributed by atoms with Crippen LogP contribution in [-0.4, -0.2) is 41.9 Å². The molecule has 1 atom stereocenters. The lowest BCUT2D eigenvalue weighted by molar-refractivity contribution is 0.0386. The molecule has 1 fully saturated rings. The van der Waals surface area contributed by atoms with Crippen LogP contribution in [0.4, 0.5) is 4.79 Å². The SMILES string of the molecule is CC(C)C(CCO)N1CCCOC1=O. The first kappa shape index (κ1) is 11.3. The fourth-order valence-corrected chi connectivity index (χ4v) is 1.85. The van der Waals surface area contributed by atoms with Crippen molar-refractivity contribution in [1.82, 2.24) is 4.90 Å². The van der Waals surface area contributed by atoms with E-state index in [2.05, 4.69) is 13.8 Å². The van der Waals surface area contributed by atoms with Gasteiger partial charge in [0.1, 0.15) is 0 Å². The number of nitrogens with zero attached hydrogens (tertiary/aromatic N) is 1. The second-order valence-electron chi connectivity index (χ2n) is 3.98. The van der Waals surface area contributed by atoms with Gasteiger partial charge >= 0.3 is 6.09 Å². The number of hydrogen-bond acceptors (Lipinski definition) is 3. The van der Waals surface area contributed by atoms with E-state index in [1.54, 1.807) is 4.90 Å². The van der Waals surface area contributed by atoms with Gasteiger partial charge in [-0.1, -0.05) is 13.8 Å². The Morgan fingerprint density at radius 1 is 1.57 bits per heavy atom. The molecule has 0 aromatic rings. The lowest BCUT2D eigenvalue weighted by atomic mass is 9.99. The molecule has 1 unspecified atom stereocenters. The molecule has 1 heterocycles. The Balaban J connectivity index is 2.60. The molecule has 0 aromatic heterocycles. The Morgan fingerprint density at radius 3 is 2.79 bits per heavy atom. The lowest BCUT2D eigenvalue weighted by Crippen LogP contribution is -2.47. The summed E-state index contributed by atoms with van der Waals surface area (Å²) in [7, 11) is 0. The van der Waals surface area contributed by atoms with Gasteiger partial charge in [0.2, 0.25) is 0 Å². The highest BCUT2D eigenvalue weighted by Crippen LogP contribution is 2.18. The zero-order valence-corrected chi connectivity index (χ0v) is 8.90. The molecule has 1 saturated heterocycles. The quantitative estimate of drug-likeness (QED) is 0.744. The Morgan fingerprint density at radius 2 is 2.29 bits per heavy atom. The Labute approximate surface area is 84.8 Å². The van der Waals surface area contributed by atoms with Gasteiger partial charge in [-0.05, 0) is 18.8 Å². The fourth-order valence-electron chi connectivity index (χ4n) is 1.85. The largest absolute Gasteiger partial charge is 0.449 e. The highest BCUT2D eigenvalue weighted by atomic mass is 16.6. The molecule has 1 aliphatic heterocycles. The summed E-state index contributed by atoms with van der Waals surface area (Å²) in [6.07, 6.45) is 1.29. The normalized spacial score (nSPS) is 19.7. The standard InChI is InChI=1S/C10H19NO3/c1-8(2)9(4-6-12)11-5-3-7-14-10(11)13/h8-9,12H,3-7H2,1-2H3. The molecule has 4 nitrogen and oxygen atoms in total. The molecule has 14 heavy (non-hydrogen) atoms. The smallest absolute Gasteiger partial charge is 0.410 e. The van der Waals surface area contributed by atoms with Crippen LogP contribution in [0, 0.1) is 5.92 Å². The molecular weight excluding hydrogens is 182 g/mol. The number of cyclic esters (lactones) is 1. The van der Waals surface area contributed by atoms with Crippen LogP contribution >= 0.6 is 0 Å². The van der Waals surface area contributed by atoms with Crippen LogP contribution in [0.1, 0.15) is 26.7 Å². The van der Waals surface area contributed by atoms with E-state index in [0.717, 1.165) is 13.0 Å². The second-order valence-corrected chi connectivity index (χ2v) is 3.98. The van der Waals surface area contributed by atoms with Crippen LogP contribution in [0.15, 0.2) is 0 Å². The first-order valence-corrected chi connectivity index (χ1v) is 5.21. The molecule has 1 N–H and O–H groups in total. The maximum atomic E-state index is 11.4. The van der Waals surface area contributed by atoms with Crippen molar-refractivity contribution >= 4 is 6.09 Å². The van der Waals surface area contributed by atoms with Gasteiger partial charge in [-0.2, -0.15) is 0 Å². The Hall–Kier alpha value is -0.770. The third kappa shape index (κ3) is 2.61. The molecule has 82 valence electrons. The minimum atomic E-state index is -0.233. The number of carbonyl (C=O) groups is 1. The number of carbonyl (C=O) groups excluding carboxylic acids is 1. The molecule has 0 aliphatic carbocycles. The summed E-state index contributed by atoms with van der Waals surface area (Å²) in [6, 6.07) is 0.104.